The van der Waals surface area contributed by atoms with E-state index >= 15 is 0 Å². The highest BCUT2D eigenvalue weighted by Crippen LogP contribution is 2.31. The largest absolute Gasteiger partial charge is 0.329 e. The summed E-state index contributed by atoms with van der Waals surface area (Å²) in [5, 5.41) is 0. The Morgan fingerprint density at radius 2 is 1.81 bits per heavy atom. The molecule has 94 valence electrons. The molecule has 2 rings (SSSR count). The minimum atomic E-state index is 0.245. The molecule has 2 saturated heterocycles. The van der Waals surface area contributed by atoms with Crippen molar-refractivity contribution < 1.29 is 0 Å². The third-order valence-electron chi connectivity index (χ3n) is 4.53. The van der Waals surface area contributed by atoms with Crippen LogP contribution in [0.5, 0.6) is 0 Å². The van der Waals surface area contributed by atoms with Crippen molar-refractivity contribution in [1.82, 2.24) is 14.7 Å². The monoisotopic (exact) mass is 226 g/mol. The first-order valence-electron chi connectivity index (χ1n) is 6.41. The van der Waals surface area contributed by atoms with Crippen LogP contribution in [0.2, 0.25) is 0 Å². The number of nitrogens with two attached hydrogens (primary N) is 1. The van der Waals surface area contributed by atoms with Crippen LogP contribution in [-0.2, 0) is 0 Å². The van der Waals surface area contributed by atoms with Crippen molar-refractivity contribution in [2.24, 2.45) is 5.73 Å². The minimum Gasteiger partial charge on any atom is -0.329 e. The van der Waals surface area contributed by atoms with E-state index in [0.717, 1.165) is 13.1 Å². The summed E-state index contributed by atoms with van der Waals surface area (Å²) < 4.78 is 0. The summed E-state index contributed by atoms with van der Waals surface area (Å²) in [4.78, 5) is 7.49. The highest BCUT2D eigenvalue weighted by molar-refractivity contribution is 5.03. The smallest absolute Gasteiger partial charge is 0.0474 e. The van der Waals surface area contributed by atoms with E-state index in [-0.39, 0.29) is 5.54 Å². The Bertz CT molecular complexity index is 225. The van der Waals surface area contributed by atoms with Crippen molar-refractivity contribution >= 4 is 0 Å². The van der Waals surface area contributed by atoms with Gasteiger partial charge in [-0.05, 0) is 27.4 Å². The van der Waals surface area contributed by atoms with E-state index in [1.165, 1.54) is 32.6 Å². The lowest BCUT2D eigenvalue weighted by Crippen LogP contribution is -2.60. The van der Waals surface area contributed by atoms with Gasteiger partial charge in [-0.3, -0.25) is 4.90 Å². The van der Waals surface area contributed by atoms with E-state index in [4.69, 9.17) is 5.73 Å². The SMILES string of the molecule is CC1CC(CN)(N2CCN(C)CC2)CN1C. The topological polar surface area (TPSA) is 35.7 Å². The fourth-order valence-electron chi connectivity index (χ4n) is 3.18. The first kappa shape index (κ1) is 12.3. The number of piperazine rings is 1. The second-order valence-corrected chi connectivity index (χ2v) is 5.69. The fourth-order valence-corrected chi connectivity index (χ4v) is 3.18. The Hall–Kier alpha value is -0.160. The Labute approximate surface area is 99.4 Å². The summed E-state index contributed by atoms with van der Waals surface area (Å²) in [7, 11) is 4.42. The fraction of sp³-hybridized carbons (Fsp3) is 1.00. The summed E-state index contributed by atoms with van der Waals surface area (Å²) in [5.74, 6) is 0. The van der Waals surface area contributed by atoms with Gasteiger partial charge in [-0.15, -0.1) is 0 Å². The van der Waals surface area contributed by atoms with Gasteiger partial charge in [-0.1, -0.05) is 0 Å². The van der Waals surface area contributed by atoms with Crippen molar-refractivity contribution in [2.75, 3.05) is 53.4 Å². The maximum absolute atomic E-state index is 6.08. The number of rotatable bonds is 2. The van der Waals surface area contributed by atoms with Gasteiger partial charge in [0, 0.05) is 50.8 Å². The zero-order chi connectivity index (χ0) is 11.8. The zero-order valence-electron chi connectivity index (χ0n) is 10.9. The van der Waals surface area contributed by atoms with Crippen LogP contribution in [0.3, 0.4) is 0 Å². The lowest BCUT2D eigenvalue weighted by molar-refractivity contribution is 0.0508. The van der Waals surface area contributed by atoms with Gasteiger partial charge in [-0.25, -0.2) is 0 Å². The van der Waals surface area contributed by atoms with Crippen molar-refractivity contribution in [3.63, 3.8) is 0 Å². The van der Waals surface area contributed by atoms with E-state index in [9.17, 15) is 0 Å². The molecule has 0 bridgehead atoms. The van der Waals surface area contributed by atoms with Crippen LogP contribution >= 0.6 is 0 Å². The van der Waals surface area contributed by atoms with Crippen molar-refractivity contribution in [1.29, 1.82) is 0 Å². The zero-order valence-corrected chi connectivity index (χ0v) is 10.9. The van der Waals surface area contributed by atoms with Crippen molar-refractivity contribution in [3.8, 4) is 0 Å². The van der Waals surface area contributed by atoms with E-state index in [1.54, 1.807) is 0 Å². The third kappa shape index (κ3) is 2.12. The van der Waals surface area contributed by atoms with E-state index in [0.29, 0.717) is 6.04 Å². The molecule has 2 unspecified atom stereocenters. The molecule has 0 radical (unpaired) electrons. The number of hydrogen-bond acceptors (Lipinski definition) is 4. The van der Waals surface area contributed by atoms with Gasteiger partial charge in [-0.2, -0.15) is 0 Å². The third-order valence-corrected chi connectivity index (χ3v) is 4.53. The summed E-state index contributed by atoms with van der Waals surface area (Å²) >= 11 is 0. The van der Waals surface area contributed by atoms with Crippen molar-refractivity contribution in [3.05, 3.63) is 0 Å². The van der Waals surface area contributed by atoms with E-state index in [2.05, 4.69) is 35.7 Å². The summed E-state index contributed by atoms with van der Waals surface area (Å²) in [6.07, 6.45) is 1.23. The number of hydrogen-bond donors (Lipinski definition) is 1. The standard InChI is InChI=1S/C12H26N4/c1-11-8-12(9-13,10-15(11)3)16-6-4-14(2)5-7-16/h11H,4-10,13H2,1-3H3. The Morgan fingerprint density at radius 1 is 1.19 bits per heavy atom. The molecule has 0 saturated carbocycles. The van der Waals surface area contributed by atoms with Crippen LogP contribution < -0.4 is 5.73 Å². The number of likely N-dealkylation sites (tertiary alicyclic amines) is 1. The second kappa shape index (κ2) is 4.61. The number of nitrogens with zero attached hydrogens (tertiary/aromatic N) is 3. The van der Waals surface area contributed by atoms with Gasteiger partial charge >= 0.3 is 0 Å². The second-order valence-electron chi connectivity index (χ2n) is 5.69. The highest BCUT2D eigenvalue weighted by atomic mass is 15.3. The molecule has 2 heterocycles. The Morgan fingerprint density at radius 3 is 2.25 bits per heavy atom. The highest BCUT2D eigenvalue weighted by Gasteiger charge is 2.44. The normalized spacial score (nSPS) is 39.4. The molecule has 2 aliphatic rings. The molecule has 4 heteroatoms. The number of likely N-dealkylation sites (N-methyl/N-ethyl adjacent to an activating group) is 2. The van der Waals surface area contributed by atoms with E-state index in [1.807, 2.05) is 0 Å². The molecule has 16 heavy (non-hydrogen) atoms. The van der Waals surface area contributed by atoms with Gasteiger partial charge in [0.2, 0.25) is 0 Å². The first-order valence-corrected chi connectivity index (χ1v) is 6.41. The van der Waals surface area contributed by atoms with Crippen LogP contribution in [-0.4, -0.2) is 79.6 Å². The molecular weight excluding hydrogens is 200 g/mol. The van der Waals surface area contributed by atoms with Gasteiger partial charge in [0.25, 0.3) is 0 Å². The van der Waals surface area contributed by atoms with Crippen LogP contribution in [0, 0.1) is 0 Å². The molecule has 2 atom stereocenters. The lowest BCUT2D eigenvalue weighted by Gasteiger charge is -2.44. The Balaban J connectivity index is 2.05. The maximum Gasteiger partial charge on any atom is 0.0474 e. The molecule has 0 amide bonds. The minimum absolute atomic E-state index is 0.245. The van der Waals surface area contributed by atoms with Crippen LogP contribution in [0.25, 0.3) is 0 Å². The molecule has 2 N–H and O–H groups in total. The van der Waals surface area contributed by atoms with Crippen LogP contribution in [0.4, 0.5) is 0 Å². The van der Waals surface area contributed by atoms with Gasteiger partial charge in [0.05, 0.1) is 0 Å². The molecule has 0 aromatic carbocycles. The van der Waals surface area contributed by atoms with Gasteiger partial charge < -0.3 is 15.5 Å². The van der Waals surface area contributed by atoms with Crippen LogP contribution in [0.1, 0.15) is 13.3 Å². The molecule has 0 aromatic heterocycles. The lowest BCUT2D eigenvalue weighted by atomic mass is 9.93. The molecule has 4 nitrogen and oxygen atoms in total. The summed E-state index contributed by atoms with van der Waals surface area (Å²) in [6, 6.07) is 0.670. The van der Waals surface area contributed by atoms with Crippen LogP contribution in [0.15, 0.2) is 0 Å². The molecular formula is C12H26N4. The predicted octanol–water partition coefficient (Wildman–Crippen LogP) is -0.345. The average Bonchev–Trinajstić information content (AvgIpc) is 2.57. The molecule has 2 aliphatic heterocycles. The van der Waals surface area contributed by atoms with Crippen molar-refractivity contribution in [2.45, 2.75) is 24.9 Å². The molecule has 0 aliphatic carbocycles. The molecule has 2 fully saturated rings. The quantitative estimate of drug-likeness (QED) is 0.698. The molecule has 0 spiro atoms. The summed E-state index contributed by atoms with van der Waals surface area (Å²) in [5.41, 5.74) is 6.32. The van der Waals surface area contributed by atoms with Gasteiger partial charge in [0.15, 0.2) is 0 Å². The van der Waals surface area contributed by atoms with Gasteiger partial charge in [0.1, 0.15) is 0 Å². The average molecular weight is 226 g/mol. The predicted molar refractivity (Wildman–Crippen MR) is 67.6 cm³/mol. The maximum atomic E-state index is 6.08. The van der Waals surface area contributed by atoms with E-state index < -0.39 is 0 Å². The Kier molecular flexibility index (Phi) is 3.54. The first-order chi connectivity index (χ1) is 7.57. The molecule has 0 aromatic rings. The summed E-state index contributed by atoms with van der Waals surface area (Å²) in [6.45, 7) is 8.95.